The summed E-state index contributed by atoms with van der Waals surface area (Å²) in [6.07, 6.45) is -2.95. The molecule has 9 heteroatoms. The normalized spacial score (nSPS) is 16.0. The summed E-state index contributed by atoms with van der Waals surface area (Å²) in [5.74, 6) is -2.60. The Morgan fingerprint density at radius 2 is 1.91 bits per heavy atom. The van der Waals surface area contributed by atoms with Gasteiger partial charge in [-0.1, -0.05) is 5.16 Å². The smallest absolute Gasteiger partial charge is 0.475 e. The van der Waals surface area contributed by atoms with Crippen LogP contribution in [0.2, 0.25) is 0 Å². The molecule has 0 atom stereocenters. The number of benzene rings is 1. The zero-order chi connectivity index (χ0) is 17.0. The highest BCUT2D eigenvalue weighted by atomic mass is 19.4. The first-order valence-corrected chi connectivity index (χ1v) is 6.84. The van der Waals surface area contributed by atoms with Crippen LogP contribution in [0.25, 0.3) is 11.0 Å². The third-order valence-electron chi connectivity index (χ3n) is 3.43. The number of hydrogen-bond acceptors (Lipinski definition) is 4. The van der Waals surface area contributed by atoms with Gasteiger partial charge in [0.05, 0.1) is 5.69 Å². The Morgan fingerprint density at radius 3 is 2.48 bits per heavy atom. The molecule has 1 aliphatic heterocycles. The molecule has 0 aliphatic carbocycles. The van der Waals surface area contributed by atoms with Crippen LogP contribution in [0.15, 0.2) is 22.7 Å². The Kier molecular flexibility index (Phi) is 5.19. The van der Waals surface area contributed by atoms with Crippen molar-refractivity contribution in [1.82, 2.24) is 10.5 Å². The number of rotatable bonds is 1. The number of halogens is 4. The first kappa shape index (κ1) is 17.2. The van der Waals surface area contributed by atoms with Gasteiger partial charge < -0.3 is 14.9 Å². The SMILES string of the molecule is Fc1ccc2c(C3CCNCC3)noc2c1.O=C(O)C(F)(F)F. The van der Waals surface area contributed by atoms with Crippen LogP contribution in [0.4, 0.5) is 17.6 Å². The highest BCUT2D eigenvalue weighted by Gasteiger charge is 2.38. The van der Waals surface area contributed by atoms with E-state index in [-0.39, 0.29) is 5.82 Å². The minimum atomic E-state index is -5.08. The summed E-state index contributed by atoms with van der Waals surface area (Å²) in [6.45, 7) is 2.03. The van der Waals surface area contributed by atoms with E-state index < -0.39 is 12.1 Å². The Balaban J connectivity index is 0.000000236. The van der Waals surface area contributed by atoms with Gasteiger partial charge in [0, 0.05) is 17.4 Å². The summed E-state index contributed by atoms with van der Waals surface area (Å²) in [7, 11) is 0. The maximum atomic E-state index is 13.0. The first-order chi connectivity index (χ1) is 10.8. The molecule has 0 unspecified atom stereocenters. The topological polar surface area (TPSA) is 75.4 Å². The van der Waals surface area contributed by atoms with E-state index in [4.69, 9.17) is 14.4 Å². The number of hydrogen-bond donors (Lipinski definition) is 2. The molecule has 1 aliphatic rings. The van der Waals surface area contributed by atoms with E-state index in [9.17, 15) is 17.6 Å². The van der Waals surface area contributed by atoms with Gasteiger partial charge in [-0.15, -0.1) is 0 Å². The van der Waals surface area contributed by atoms with Gasteiger partial charge in [-0.2, -0.15) is 13.2 Å². The minimum Gasteiger partial charge on any atom is -0.475 e. The van der Waals surface area contributed by atoms with Gasteiger partial charge in [-0.25, -0.2) is 9.18 Å². The van der Waals surface area contributed by atoms with E-state index in [1.807, 2.05) is 0 Å². The second-order valence-electron chi connectivity index (χ2n) is 5.04. The minimum absolute atomic E-state index is 0.277. The Morgan fingerprint density at radius 1 is 1.30 bits per heavy atom. The molecular formula is C14H14F4N2O3. The van der Waals surface area contributed by atoms with Gasteiger partial charge in [0.1, 0.15) is 5.82 Å². The number of carboxylic acid groups (broad SMARTS) is 1. The maximum Gasteiger partial charge on any atom is 0.490 e. The molecular weight excluding hydrogens is 320 g/mol. The summed E-state index contributed by atoms with van der Waals surface area (Å²) in [5.41, 5.74) is 1.53. The zero-order valence-electron chi connectivity index (χ0n) is 11.9. The van der Waals surface area contributed by atoms with Crippen LogP contribution >= 0.6 is 0 Å². The van der Waals surface area contributed by atoms with Crippen LogP contribution in [0.5, 0.6) is 0 Å². The number of nitrogens with zero attached hydrogens (tertiary/aromatic N) is 1. The highest BCUT2D eigenvalue weighted by molar-refractivity contribution is 5.79. The second kappa shape index (κ2) is 6.95. The largest absolute Gasteiger partial charge is 0.490 e. The van der Waals surface area contributed by atoms with E-state index >= 15 is 0 Å². The van der Waals surface area contributed by atoms with Crippen molar-refractivity contribution < 1.29 is 32.0 Å². The van der Waals surface area contributed by atoms with Gasteiger partial charge in [0.15, 0.2) is 5.58 Å². The maximum absolute atomic E-state index is 13.0. The van der Waals surface area contributed by atoms with Crippen LogP contribution in [-0.4, -0.2) is 35.5 Å². The molecule has 126 valence electrons. The fraction of sp³-hybridized carbons (Fsp3) is 0.429. The highest BCUT2D eigenvalue weighted by Crippen LogP contribution is 2.30. The number of fused-ring (bicyclic) bond motifs is 1. The quantitative estimate of drug-likeness (QED) is 0.784. The van der Waals surface area contributed by atoms with E-state index in [2.05, 4.69) is 10.5 Å². The predicted octanol–water partition coefficient (Wildman–Crippen LogP) is 3.07. The van der Waals surface area contributed by atoms with Crippen molar-refractivity contribution in [1.29, 1.82) is 0 Å². The fourth-order valence-electron chi connectivity index (χ4n) is 2.32. The lowest BCUT2D eigenvalue weighted by atomic mass is 9.93. The molecule has 0 amide bonds. The fourth-order valence-corrected chi connectivity index (χ4v) is 2.32. The third kappa shape index (κ3) is 4.41. The van der Waals surface area contributed by atoms with Gasteiger partial charge >= 0.3 is 12.1 Å². The molecule has 1 aromatic heterocycles. The summed E-state index contributed by atoms with van der Waals surface area (Å²) in [4.78, 5) is 8.90. The molecule has 0 radical (unpaired) electrons. The average Bonchev–Trinajstić information content (AvgIpc) is 2.90. The van der Waals surface area contributed by atoms with Crippen molar-refractivity contribution in [2.24, 2.45) is 0 Å². The summed E-state index contributed by atoms with van der Waals surface area (Å²) >= 11 is 0. The Bertz CT molecular complexity index is 678. The number of alkyl halides is 3. The van der Waals surface area contributed by atoms with Crippen molar-refractivity contribution in [3.63, 3.8) is 0 Å². The molecule has 3 rings (SSSR count). The number of aromatic nitrogens is 1. The Hall–Kier alpha value is -2.16. The van der Waals surface area contributed by atoms with Crippen LogP contribution in [0.1, 0.15) is 24.5 Å². The molecule has 5 nitrogen and oxygen atoms in total. The zero-order valence-corrected chi connectivity index (χ0v) is 11.9. The molecule has 1 saturated heterocycles. The van der Waals surface area contributed by atoms with Crippen molar-refractivity contribution in [2.75, 3.05) is 13.1 Å². The van der Waals surface area contributed by atoms with Crippen molar-refractivity contribution >= 4 is 16.9 Å². The molecule has 1 fully saturated rings. The molecule has 2 aromatic rings. The summed E-state index contributed by atoms with van der Waals surface area (Å²) < 4.78 is 49.9. The Labute approximate surface area is 128 Å². The van der Waals surface area contributed by atoms with Gasteiger partial charge in [0.2, 0.25) is 0 Å². The van der Waals surface area contributed by atoms with E-state index in [1.54, 1.807) is 6.07 Å². The molecule has 0 spiro atoms. The second-order valence-corrected chi connectivity index (χ2v) is 5.04. The van der Waals surface area contributed by atoms with Crippen molar-refractivity contribution in [3.05, 3.63) is 29.7 Å². The van der Waals surface area contributed by atoms with E-state index in [0.717, 1.165) is 37.0 Å². The number of piperidine rings is 1. The van der Waals surface area contributed by atoms with Crippen molar-refractivity contribution in [2.45, 2.75) is 24.9 Å². The number of carboxylic acids is 1. The summed E-state index contributed by atoms with van der Waals surface area (Å²) in [5, 5.41) is 15.5. The molecule has 0 saturated carbocycles. The lowest BCUT2D eigenvalue weighted by Gasteiger charge is -2.20. The molecule has 1 aromatic carbocycles. The number of nitrogens with one attached hydrogen (secondary N) is 1. The molecule has 2 heterocycles. The van der Waals surface area contributed by atoms with E-state index in [0.29, 0.717) is 11.5 Å². The summed E-state index contributed by atoms with van der Waals surface area (Å²) in [6, 6.07) is 4.62. The molecule has 2 N–H and O–H groups in total. The van der Waals surface area contributed by atoms with Crippen LogP contribution in [0, 0.1) is 5.82 Å². The predicted molar refractivity (Wildman–Crippen MR) is 72.5 cm³/mol. The lowest BCUT2D eigenvalue weighted by Crippen LogP contribution is -2.26. The van der Waals surface area contributed by atoms with Crippen LogP contribution in [-0.2, 0) is 4.79 Å². The van der Waals surface area contributed by atoms with Gasteiger partial charge in [-0.3, -0.25) is 0 Å². The van der Waals surface area contributed by atoms with Gasteiger partial charge in [-0.05, 0) is 38.1 Å². The molecule has 23 heavy (non-hydrogen) atoms. The van der Waals surface area contributed by atoms with Crippen LogP contribution in [0.3, 0.4) is 0 Å². The van der Waals surface area contributed by atoms with E-state index in [1.165, 1.54) is 12.1 Å². The molecule has 0 bridgehead atoms. The first-order valence-electron chi connectivity index (χ1n) is 6.84. The number of aliphatic carboxylic acids is 1. The standard InChI is InChI=1S/C12H13FN2O.C2HF3O2/c13-9-1-2-10-11(7-9)16-15-12(10)8-3-5-14-6-4-8;3-2(4,5)1(6)7/h1-2,7-8,14H,3-6H2;(H,6,7). The third-order valence-corrected chi connectivity index (χ3v) is 3.43. The van der Waals surface area contributed by atoms with Gasteiger partial charge in [0.25, 0.3) is 0 Å². The number of carbonyl (C=O) groups is 1. The monoisotopic (exact) mass is 334 g/mol. The van der Waals surface area contributed by atoms with Crippen molar-refractivity contribution in [3.8, 4) is 0 Å². The van der Waals surface area contributed by atoms with Crippen LogP contribution < -0.4 is 5.32 Å². The average molecular weight is 334 g/mol. The lowest BCUT2D eigenvalue weighted by molar-refractivity contribution is -0.192.